The minimum Gasteiger partial charge on any atom is -0.345 e. The van der Waals surface area contributed by atoms with Crippen LogP contribution in [0.15, 0.2) is 24.3 Å². The van der Waals surface area contributed by atoms with Crippen LogP contribution in [0.1, 0.15) is 42.5 Å². The highest BCUT2D eigenvalue weighted by Crippen LogP contribution is 2.32. The lowest BCUT2D eigenvalue weighted by Gasteiger charge is -2.28. The Morgan fingerprint density at radius 2 is 1.83 bits per heavy atom. The zero-order chi connectivity index (χ0) is 16.4. The van der Waals surface area contributed by atoms with Crippen LogP contribution in [0.4, 0.5) is 5.69 Å². The van der Waals surface area contributed by atoms with E-state index in [4.69, 9.17) is 0 Å². The molecule has 2 bridgehead atoms. The van der Waals surface area contributed by atoms with Gasteiger partial charge in [0.2, 0.25) is 5.91 Å². The Bertz CT molecular complexity index is 588. The maximum Gasteiger partial charge on any atom is 0.255 e. The van der Waals surface area contributed by atoms with E-state index in [-0.39, 0.29) is 11.8 Å². The average Bonchev–Trinajstić information content (AvgIpc) is 2.85. The van der Waals surface area contributed by atoms with Gasteiger partial charge >= 0.3 is 0 Å². The predicted molar refractivity (Wildman–Crippen MR) is 90.4 cm³/mol. The summed E-state index contributed by atoms with van der Waals surface area (Å²) in [6, 6.07) is 8.39. The molecule has 2 aliphatic heterocycles. The van der Waals surface area contributed by atoms with E-state index in [1.54, 1.807) is 26.2 Å². The molecule has 0 aromatic heterocycles. The molecule has 2 amide bonds. The quantitative estimate of drug-likeness (QED) is 0.896. The zero-order valence-corrected chi connectivity index (χ0v) is 13.8. The van der Waals surface area contributed by atoms with E-state index in [1.165, 1.54) is 17.7 Å². The molecule has 1 aromatic carbocycles. The summed E-state index contributed by atoms with van der Waals surface area (Å²) < 4.78 is 0. The highest BCUT2D eigenvalue weighted by molar-refractivity contribution is 6.03. The zero-order valence-electron chi connectivity index (χ0n) is 13.8. The van der Waals surface area contributed by atoms with Crippen LogP contribution in [0.3, 0.4) is 0 Å². The van der Waals surface area contributed by atoms with Crippen molar-refractivity contribution in [1.29, 1.82) is 0 Å². The topological polar surface area (TPSA) is 61.4 Å². The van der Waals surface area contributed by atoms with Crippen molar-refractivity contribution < 1.29 is 9.59 Å². The van der Waals surface area contributed by atoms with Gasteiger partial charge < -0.3 is 15.5 Å². The van der Waals surface area contributed by atoms with Gasteiger partial charge in [0.25, 0.3) is 5.91 Å². The van der Waals surface area contributed by atoms with E-state index in [2.05, 4.69) is 10.6 Å². The maximum atomic E-state index is 12.4. The molecule has 3 rings (SSSR count). The number of nitrogens with zero attached hydrogens (tertiary/aromatic N) is 1. The van der Waals surface area contributed by atoms with Crippen molar-refractivity contribution in [2.75, 3.05) is 19.4 Å². The number of benzene rings is 1. The Balaban J connectivity index is 1.63. The number of nitrogens with one attached hydrogen (secondary N) is 2. The van der Waals surface area contributed by atoms with Crippen molar-refractivity contribution in [3.63, 3.8) is 0 Å². The number of rotatable bonds is 4. The molecule has 0 spiro atoms. The second kappa shape index (κ2) is 6.71. The van der Waals surface area contributed by atoms with Gasteiger partial charge in [-0.2, -0.15) is 0 Å². The first-order valence-corrected chi connectivity index (χ1v) is 8.39. The fraction of sp³-hybridized carbons (Fsp3) is 0.556. The molecule has 124 valence electrons. The summed E-state index contributed by atoms with van der Waals surface area (Å²) >= 11 is 0. The molecule has 2 aliphatic rings. The molecule has 2 saturated heterocycles. The van der Waals surface area contributed by atoms with E-state index in [0.717, 1.165) is 12.8 Å². The number of carbonyl (C=O) groups excluding carboxylic acids is 2. The standard InChI is InChI=1S/C18H25N3O2/c1-21(2)18(23)15-5-3-4-6-16(15)20-17(22)11-12-9-13-7-8-14(10-12)19-13/h3-6,12-14,19H,7-11H2,1-2H3,(H,20,22). The summed E-state index contributed by atoms with van der Waals surface area (Å²) in [5, 5.41) is 6.53. The second-order valence-corrected chi connectivity index (χ2v) is 6.97. The molecule has 2 N–H and O–H groups in total. The molecule has 0 aliphatic carbocycles. The number of fused-ring (bicyclic) bond motifs is 2. The average molecular weight is 315 g/mol. The fourth-order valence-electron chi connectivity index (χ4n) is 3.82. The van der Waals surface area contributed by atoms with Crippen LogP contribution in [-0.4, -0.2) is 42.9 Å². The first-order valence-electron chi connectivity index (χ1n) is 8.39. The first-order chi connectivity index (χ1) is 11.0. The van der Waals surface area contributed by atoms with Crippen molar-refractivity contribution in [3.05, 3.63) is 29.8 Å². The van der Waals surface area contributed by atoms with Crippen molar-refractivity contribution in [1.82, 2.24) is 10.2 Å². The van der Waals surface area contributed by atoms with Gasteiger partial charge in [0.05, 0.1) is 11.3 Å². The monoisotopic (exact) mass is 315 g/mol. The molecule has 0 saturated carbocycles. The minimum absolute atomic E-state index is 0.00954. The lowest BCUT2D eigenvalue weighted by molar-refractivity contribution is -0.117. The van der Waals surface area contributed by atoms with Gasteiger partial charge in [0.15, 0.2) is 0 Å². The number of piperidine rings is 1. The molecule has 2 heterocycles. The molecule has 1 aromatic rings. The summed E-state index contributed by atoms with van der Waals surface area (Å²) in [4.78, 5) is 26.1. The third-order valence-electron chi connectivity index (χ3n) is 4.88. The molecule has 5 heteroatoms. The third kappa shape index (κ3) is 3.72. The smallest absolute Gasteiger partial charge is 0.255 e. The molecule has 2 fully saturated rings. The van der Waals surface area contributed by atoms with Crippen LogP contribution in [0.2, 0.25) is 0 Å². The summed E-state index contributed by atoms with van der Waals surface area (Å²) in [7, 11) is 3.43. The summed E-state index contributed by atoms with van der Waals surface area (Å²) in [5.74, 6) is 0.363. The number of carbonyl (C=O) groups is 2. The summed E-state index contributed by atoms with van der Waals surface area (Å²) in [5.41, 5.74) is 1.14. The van der Waals surface area contributed by atoms with Crippen LogP contribution >= 0.6 is 0 Å². The van der Waals surface area contributed by atoms with E-state index < -0.39 is 0 Å². The van der Waals surface area contributed by atoms with Crippen LogP contribution in [0.5, 0.6) is 0 Å². The van der Waals surface area contributed by atoms with Crippen molar-refractivity contribution in [2.24, 2.45) is 5.92 Å². The van der Waals surface area contributed by atoms with Gasteiger partial charge in [-0.15, -0.1) is 0 Å². The normalized spacial score (nSPS) is 25.9. The Kier molecular flexibility index (Phi) is 4.66. The van der Waals surface area contributed by atoms with Crippen LogP contribution < -0.4 is 10.6 Å². The van der Waals surface area contributed by atoms with Gasteiger partial charge in [-0.05, 0) is 43.7 Å². The molecule has 2 atom stereocenters. The number of hydrogen-bond donors (Lipinski definition) is 2. The minimum atomic E-state index is -0.0965. The molecular formula is C18H25N3O2. The van der Waals surface area contributed by atoms with Crippen LogP contribution in [-0.2, 0) is 4.79 Å². The van der Waals surface area contributed by atoms with Crippen molar-refractivity contribution in [3.8, 4) is 0 Å². The second-order valence-electron chi connectivity index (χ2n) is 6.97. The Morgan fingerprint density at radius 3 is 2.48 bits per heavy atom. The highest BCUT2D eigenvalue weighted by Gasteiger charge is 2.34. The van der Waals surface area contributed by atoms with Crippen molar-refractivity contribution in [2.45, 2.75) is 44.2 Å². The van der Waals surface area contributed by atoms with Gasteiger partial charge in [-0.3, -0.25) is 9.59 Å². The molecular weight excluding hydrogens is 290 g/mol. The van der Waals surface area contributed by atoms with Gasteiger partial charge in [-0.25, -0.2) is 0 Å². The number of amides is 2. The van der Waals surface area contributed by atoms with E-state index in [0.29, 0.717) is 35.7 Å². The lowest BCUT2D eigenvalue weighted by Crippen LogP contribution is -2.39. The van der Waals surface area contributed by atoms with Crippen molar-refractivity contribution >= 4 is 17.5 Å². The van der Waals surface area contributed by atoms with E-state index >= 15 is 0 Å². The molecule has 5 nitrogen and oxygen atoms in total. The third-order valence-corrected chi connectivity index (χ3v) is 4.88. The Hall–Kier alpha value is -1.88. The lowest BCUT2D eigenvalue weighted by atomic mass is 9.89. The van der Waals surface area contributed by atoms with Crippen LogP contribution in [0, 0.1) is 5.92 Å². The van der Waals surface area contributed by atoms with E-state index in [9.17, 15) is 9.59 Å². The Morgan fingerprint density at radius 1 is 1.17 bits per heavy atom. The maximum absolute atomic E-state index is 12.4. The van der Waals surface area contributed by atoms with Gasteiger partial charge in [0.1, 0.15) is 0 Å². The first kappa shape index (κ1) is 16.0. The number of para-hydroxylation sites is 1. The molecule has 2 unspecified atom stereocenters. The number of anilines is 1. The largest absolute Gasteiger partial charge is 0.345 e. The molecule has 0 radical (unpaired) electrons. The highest BCUT2D eigenvalue weighted by atomic mass is 16.2. The fourth-order valence-corrected chi connectivity index (χ4v) is 3.82. The molecule has 23 heavy (non-hydrogen) atoms. The van der Waals surface area contributed by atoms with Crippen LogP contribution in [0.25, 0.3) is 0 Å². The summed E-state index contributed by atoms with van der Waals surface area (Å²) in [6.45, 7) is 0. The summed E-state index contributed by atoms with van der Waals surface area (Å²) in [6.07, 6.45) is 5.19. The van der Waals surface area contributed by atoms with Gasteiger partial charge in [-0.1, -0.05) is 12.1 Å². The predicted octanol–water partition coefficient (Wildman–Crippen LogP) is 2.25. The van der Waals surface area contributed by atoms with Gasteiger partial charge in [0, 0.05) is 32.6 Å². The van der Waals surface area contributed by atoms with E-state index in [1.807, 2.05) is 12.1 Å². The Labute approximate surface area is 137 Å². The number of hydrogen-bond acceptors (Lipinski definition) is 3. The SMILES string of the molecule is CN(C)C(=O)c1ccccc1NC(=O)CC1CC2CCC(C1)N2.